The molecule has 2 aromatic rings. The molecule has 0 spiro atoms. The van der Waals surface area contributed by atoms with Crippen molar-refractivity contribution in [1.29, 1.82) is 0 Å². The average molecular weight is 340 g/mol. The Morgan fingerprint density at radius 2 is 2.18 bits per heavy atom. The van der Waals surface area contributed by atoms with Crippen molar-refractivity contribution in [1.82, 2.24) is 9.97 Å². The molecule has 0 saturated carbocycles. The number of nitrogens with zero attached hydrogens (tertiary/aromatic N) is 3. The normalized spacial score (nSPS) is 10.3. The maximum absolute atomic E-state index is 12.0. The van der Waals surface area contributed by atoms with Gasteiger partial charge in [0, 0.05) is 6.07 Å². The topological polar surface area (TPSA) is 95.2 Å². The quantitative estimate of drug-likeness (QED) is 0.271. The lowest BCUT2D eigenvalue weighted by atomic mass is 10.2. The number of ether oxygens (including phenoxy) is 1. The summed E-state index contributed by atoms with van der Waals surface area (Å²) in [5.74, 6) is -0.763. The van der Waals surface area contributed by atoms with Gasteiger partial charge in [0.1, 0.15) is 6.61 Å². The maximum atomic E-state index is 12.0. The fourth-order valence-electron chi connectivity index (χ4n) is 1.62. The van der Waals surface area contributed by atoms with Crippen LogP contribution in [-0.4, -0.2) is 27.1 Å². The van der Waals surface area contributed by atoms with E-state index in [0.29, 0.717) is 5.16 Å². The first kappa shape index (κ1) is 16.2. The monoisotopic (exact) mass is 339 g/mol. The zero-order chi connectivity index (χ0) is 16.1. The third-order valence-electron chi connectivity index (χ3n) is 2.65. The summed E-state index contributed by atoms with van der Waals surface area (Å²) >= 11 is 7.12. The number of carbonyl (C=O) groups excluding carboxylic acids is 1. The minimum Gasteiger partial charge on any atom is -0.456 e. The standard InChI is InChI=1S/C13H10ClN3O4S/c1-22-13-15-6-9(14)11(16-13)12(18)21-7-8-4-2-3-5-10(8)17(19)20/h2-6H,7H2,1H3. The van der Waals surface area contributed by atoms with E-state index in [1.807, 2.05) is 0 Å². The Kier molecular flexibility index (Phi) is 5.29. The van der Waals surface area contributed by atoms with Gasteiger partial charge in [-0.1, -0.05) is 35.5 Å². The Morgan fingerprint density at radius 1 is 1.45 bits per heavy atom. The van der Waals surface area contributed by atoms with Crippen molar-refractivity contribution in [3.05, 3.63) is 56.9 Å². The number of thioether (sulfide) groups is 1. The highest BCUT2D eigenvalue weighted by atomic mass is 35.5. The number of esters is 1. The summed E-state index contributed by atoms with van der Waals surface area (Å²) in [6.45, 7) is -0.245. The van der Waals surface area contributed by atoms with Crippen LogP contribution in [0.2, 0.25) is 5.02 Å². The molecule has 1 aromatic heterocycles. The summed E-state index contributed by atoms with van der Waals surface area (Å²) in [5, 5.41) is 11.3. The molecule has 0 aliphatic rings. The molecule has 0 radical (unpaired) electrons. The van der Waals surface area contributed by atoms with Crippen LogP contribution in [0.25, 0.3) is 0 Å². The molecule has 0 bridgehead atoms. The van der Waals surface area contributed by atoms with Crippen molar-refractivity contribution in [2.24, 2.45) is 0 Å². The van der Waals surface area contributed by atoms with E-state index in [2.05, 4.69) is 9.97 Å². The summed E-state index contributed by atoms with van der Waals surface area (Å²) in [6, 6.07) is 6.02. The molecular formula is C13H10ClN3O4S. The number of aromatic nitrogens is 2. The van der Waals surface area contributed by atoms with Gasteiger partial charge in [0.2, 0.25) is 0 Å². The molecule has 0 saturated heterocycles. The predicted octanol–water partition coefficient (Wildman–Crippen LogP) is 3.12. The van der Waals surface area contributed by atoms with E-state index in [0.717, 1.165) is 0 Å². The predicted molar refractivity (Wildman–Crippen MR) is 81.0 cm³/mol. The molecule has 0 unspecified atom stereocenters. The summed E-state index contributed by atoms with van der Waals surface area (Å²) in [5.41, 5.74) is 0.101. The lowest BCUT2D eigenvalue weighted by Crippen LogP contribution is -2.10. The fraction of sp³-hybridized carbons (Fsp3) is 0.154. The van der Waals surface area contributed by atoms with E-state index in [1.165, 1.54) is 36.2 Å². The van der Waals surface area contributed by atoms with Crippen LogP contribution in [0.15, 0.2) is 35.6 Å². The molecule has 114 valence electrons. The van der Waals surface area contributed by atoms with Gasteiger partial charge in [0.05, 0.1) is 21.7 Å². The Balaban J connectivity index is 2.15. The van der Waals surface area contributed by atoms with Crippen LogP contribution in [0.5, 0.6) is 0 Å². The van der Waals surface area contributed by atoms with Crippen molar-refractivity contribution in [3.8, 4) is 0 Å². The first-order valence-electron chi connectivity index (χ1n) is 5.99. The van der Waals surface area contributed by atoms with Crippen LogP contribution in [-0.2, 0) is 11.3 Å². The summed E-state index contributed by atoms with van der Waals surface area (Å²) in [4.78, 5) is 30.3. The number of hydrogen-bond donors (Lipinski definition) is 0. The van der Waals surface area contributed by atoms with Gasteiger partial charge in [-0.15, -0.1) is 0 Å². The number of nitro benzene ring substituents is 1. The minimum atomic E-state index is -0.763. The zero-order valence-corrected chi connectivity index (χ0v) is 12.9. The summed E-state index contributed by atoms with van der Waals surface area (Å²) in [7, 11) is 0. The van der Waals surface area contributed by atoms with Crippen LogP contribution >= 0.6 is 23.4 Å². The molecule has 0 aliphatic carbocycles. The van der Waals surface area contributed by atoms with Crippen LogP contribution < -0.4 is 0 Å². The Labute approximate surface area is 134 Å². The second-order valence-corrected chi connectivity index (χ2v) is 5.20. The SMILES string of the molecule is CSc1ncc(Cl)c(C(=O)OCc2ccccc2[N+](=O)[O-])n1. The molecule has 0 aliphatic heterocycles. The molecule has 1 aromatic carbocycles. The van der Waals surface area contributed by atoms with Gasteiger partial charge in [0.15, 0.2) is 10.9 Å². The number of para-hydroxylation sites is 1. The van der Waals surface area contributed by atoms with Gasteiger partial charge in [-0.2, -0.15) is 0 Å². The Hall–Kier alpha value is -2.19. The second kappa shape index (κ2) is 7.19. The van der Waals surface area contributed by atoms with Crippen LogP contribution in [0.4, 0.5) is 5.69 Å². The number of nitro groups is 1. The molecule has 9 heteroatoms. The molecule has 0 fully saturated rings. The minimum absolute atomic E-state index is 0.0605. The molecule has 2 rings (SSSR count). The largest absolute Gasteiger partial charge is 0.456 e. The molecule has 0 atom stereocenters. The lowest BCUT2D eigenvalue weighted by molar-refractivity contribution is -0.385. The molecule has 1 heterocycles. The van der Waals surface area contributed by atoms with Crippen molar-refractivity contribution < 1.29 is 14.5 Å². The van der Waals surface area contributed by atoms with Crippen molar-refractivity contribution in [2.75, 3.05) is 6.26 Å². The number of halogens is 1. The van der Waals surface area contributed by atoms with Gasteiger partial charge in [0.25, 0.3) is 5.69 Å². The third-order valence-corrected chi connectivity index (χ3v) is 3.48. The first-order chi connectivity index (χ1) is 10.5. The number of carbonyl (C=O) groups is 1. The maximum Gasteiger partial charge on any atom is 0.359 e. The molecule has 0 amide bonds. The van der Waals surface area contributed by atoms with Crippen LogP contribution in [0.3, 0.4) is 0 Å². The molecule has 7 nitrogen and oxygen atoms in total. The van der Waals surface area contributed by atoms with E-state index in [9.17, 15) is 14.9 Å². The first-order valence-corrected chi connectivity index (χ1v) is 7.59. The molecular weight excluding hydrogens is 330 g/mol. The van der Waals surface area contributed by atoms with E-state index < -0.39 is 10.9 Å². The van der Waals surface area contributed by atoms with E-state index in [1.54, 1.807) is 12.3 Å². The number of hydrogen-bond acceptors (Lipinski definition) is 7. The van der Waals surface area contributed by atoms with Crippen molar-refractivity contribution in [2.45, 2.75) is 11.8 Å². The summed E-state index contributed by atoms with van der Waals surface area (Å²) in [6.07, 6.45) is 3.06. The van der Waals surface area contributed by atoms with Gasteiger partial charge in [-0.05, 0) is 12.3 Å². The Morgan fingerprint density at radius 3 is 2.86 bits per heavy atom. The van der Waals surface area contributed by atoms with E-state index >= 15 is 0 Å². The number of rotatable bonds is 5. The van der Waals surface area contributed by atoms with Gasteiger partial charge >= 0.3 is 5.97 Å². The van der Waals surface area contributed by atoms with E-state index in [-0.39, 0.29) is 28.6 Å². The second-order valence-electron chi connectivity index (χ2n) is 4.02. The van der Waals surface area contributed by atoms with Gasteiger partial charge < -0.3 is 4.74 Å². The highest BCUT2D eigenvalue weighted by Gasteiger charge is 2.18. The van der Waals surface area contributed by atoms with Crippen molar-refractivity contribution >= 4 is 35.0 Å². The third kappa shape index (κ3) is 3.71. The smallest absolute Gasteiger partial charge is 0.359 e. The van der Waals surface area contributed by atoms with Crippen LogP contribution in [0, 0.1) is 10.1 Å². The lowest BCUT2D eigenvalue weighted by Gasteiger charge is -2.06. The van der Waals surface area contributed by atoms with Gasteiger partial charge in [-0.25, -0.2) is 14.8 Å². The van der Waals surface area contributed by atoms with Gasteiger partial charge in [-0.3, -0.25) is 10.1 Å². The summed E-state index contributed by atoms with van der Waals surface area (Å²) < 4.78 is 5.06. The zero-order valence-electron chi connectivity index (χ0n) is 11.4. The van der Waals surface area contributed by atoms with Crippen LogP contribution in [0.1, 0.15) is 16.1 Å². The molecule has 22 heavy (non-hydrogen) atoms. The molecule has 0 N–H and O–H groups in total. The highest BCUT2D eigenvalue weighted by Crippen LogP contribution is 2.21. The highest BCUT2D eigenvalue weighted by molar-refractivity contribution is 7.98. The Bertz CT molecular complexity index is 726. The fourth-order valence-corrected chi connectivity index (χ4v) is 2.12. The van der Waals surface area contributed by atoms with E-state index in [4.69, 9.17) is 16.3 Å². The number of benzene rings is 1. The average Bonchev–Trinajstić information content (AvgIpc) is 2.53. The van der Waals surface area contributed by atoms with Crippen molar-refractivity contribution in [3.63, 3.8) is 0 Å².